The fraction of sp³-hybridized carbons (Fsp3) is 0.529. The number of carbonyl (C=O) groups excluding carboxylic acids is 1. The molecule has 132 valence electrons. The van der Waals surface area contributed by atoms with E-state index in [2.05, 4.69) is 10.8 Å². The molecule has 1 fully saturated rings. The third-order valence-corrected chi connectivity index (χ3v) is 3.90. The van der Waals surface area contributed by atoms with Gasteiger partial charge in [0, 0.05) is 18.6 Å². The molecule has 1 aromatic carbocycles. The van der Waals surface area contributed by atoms with Gasteiger partial charge in [0.15, 0.2) is 6.29 Å². The van der Waals surface area contributed by atoms with Crippen molar-refractivity contribution in [3.05, 3.63) is 35.4 Å². The van der Waals surface area contributed by atoms with Gasteiger partial charge in [-0.3, -0.25) is 4.79 Å². The van der Waals surface area contributed by atoms with Crippen LogP contribution in [-0.2, 0) is 9.57 Å². The topological polar surface area (TPSA) is 96.9 Å². The molecule has 0 bridgehead atoms. The number of benzene rings is 1. The summed E-state index contributed by atoms with van der Waals surface area (Å²) in [7, 11) is 0. The molecule has 7 nitrogen and oxygen atoms in total. The van der Waals surface area contributed by atoms with Crippen molar-refractivity contribution in [1.29, 1.82) is 0 Å². The van der Waals surface area contributed by atoms with Gasteiger partial charge in [0.2, 0.25) is 0 Å². The maximum Gasteiger partial charge on any atom is 0.405 e. The normalized spacial score (nSPS) is 18.9. The maximum atomic E-state index is 12.1. The third kappa shape index (κ3) is 5.21. The highest BCUT2D eigenvalue weighted by Crippen LogP contribution is 2.22. The van der Waals surface area contributed by atoms with Crippen molar-refractivity contribution in [1.82, 2.24) is 10.8 Å². The Hall–Kier alpha value is -2.12. The standard InChI is InChI=1S/C17H24N2O5/c1-11(2)15(18-17(21)22)12-6-8-13(9-7-12)16(20)19-24-14-5-3-4-10-23-14/h6-9,11,14-15,18H,3-5,10H2,1-2H3,(H,19,20)(H,21,22)/t14?,15-/m1/s1. The van der Waals surface area contributed by atoms with Gasteiger partial charge in [0.1, 0.15) is 0 Å². The molecular weight excluding hydrogens is 312 g/mol. The summed E-state index contributed by atoms with van der Waals surface area (Å²) in [6.45, 7) is 4.50. The van der Waals surface area contributed by atoms with E-state index < -0.39 is 12.4 Å². The van der Waals surface area contributed by atoms with E-state index in [0.717, 1.165) is 24.8 Å². The Morgan fingerprint density at radius 3 is 2.50 bits per heavy atom. The van der Waals surface area contributed by atoms with Crippen LogP contribution in [0.3, 0.4) is 0 Å². The number of ether oxygens (including phenoxy) is 1. The molecule has 0 spiro atoms. The smallest absolute Gasteiger partial charge is 0.405 e. The van der Waals surface area contributed by atoms with Crippen molar-refractivity contribution in [3.8, 4) is 0 Å². The van der Waals surface area contributed by atoms with Crippen LogP contribution in [0.1, 0.15) is 55.1 Å². The number of carboxylic acid groups (broad SMARTS) is 1. The fourth-order valence-corrected chi connectivity index (χ4v) is 2.59. The first-order valence-corrected chi connectivity index (χ1v) is 8.14. The average Bonchev–Trinajstić information content (AvgIpc) is 2.58. The van der Waals surface area contributed by atoms with Crippen molar-refractivity contribution in [3.63, 3.8) is 0 Å². The molecule has 7 heteroatoms. The molecule has 2 amide bonds. The Kier molecular flexibility index (Phi) is 6.57. The van der Waals surface area contributed by atoms with E-state index >= 15 is 0 Å². The van der Waals surface area contributed by atoms with Gasteiger partial charge in [-0.2, -0.15) is 0 Å². The second kappa shape index (κ2) is 8.65. The van der Waals surface area contributed by atoms with Gasteiger partial charge in [0.05, 0.1) is 6.04 Å². The maximum absolute atomic E-state index is 12.1. The van der Waals surface area contributed by atoms with Gasteiger partial charge in [-0.05, 0) is 36.5 Å². The molecule has 3 N–H and O–H groups in total. The van der Waals surface area contributed by atoms with Crippen LogP contribution < -0.4 is 10.8 Å². The van der Waals surface area contributed by atoms with Gasteiger partial charge in [-0.15, -0.1) is 0 Å². The predicted molar refractivity (Wildman–Crippen MR) is 87.3 cm³/mol. The molecule has 24 heavy (non-hydrogen) atoms. The Morgan fingerprint density at radius 2 is 1.96 bits per heavy atom. The van der Waals surface area contributed by atoms with Crippen LogP contribution in [0.5, 0.6) is 0 Å². The number of carbonyl (C=O) groups is 2. The number of hydrogen-bond acceptors (Lipinski definition) is 4. The molecular formula is C17H24N2O5. The van der Waals surface area contributed by atoms with Gasteiger partial charge in [-0.1, -0.05) is 26.0 Å². The minimum Gasteiger partial charge on any atom is -0.465 e. The van der Waals surface area contributed by atoms with Crippen molar-refractivity contribution >= 4 is 12.0 Å². The lowest BCUT2D eigenvalue weighted by Gasteiger charge is -2.22. The molecule has 1 heterocycles. The van der Waals surface area contributed by atoms with Crippen LogP contribution in [0.4, 0.5) is 4.79 Å². The summed E-state index contributed by atoms with van der Waals surface area (Å²) in [5, 5.41) is 11.4. The van der Waals surface area contributed by atoms with Gasteiger partial charge in [0.25, 0.3) is 5.91 Å². The zero-order chi connectivity index (χ0) is 17.5. The minimum atomic E-state index is -1.07. The summed E-state index contributed by atoms with van der Waals surface area (Å²) in [6, 6.07) is 6.45. The first-order valence-electron chi connectivity index (χ1n) is 8.14. The molecule has 0 saturated carbocycles. The van der Waals surface area contributed by atoms with E-state index in [0.29, 0.717) is 12.2 Å². The summed E-state index contributed by atoms with van der Waals surface area (Å²) in [4.78, 5) is 28.2. The summed E-state index contributed by atoms with van der Waals surface area (Å²) in [5.41, 5.74) is 3.64. The van der Waals surface area contributed by atoms with Gasteiger partial charge >= 0.3 is 6.09 Å². The second-order valence-electron chi connectivity index (χ2n) is 6.14. The average molecular weight is 336 g/mol. The van der Waals surface area contributed by atoms with E-state index in [4.69, 9.17) is 14.7 Å². The summed E-state index contributed by atoms with van der Waals surface area (Å²) in [5.74, 6) is -0.268. The highest BCUT2D eigenvalue weighted by Gasteiger charge is 2.19. The number of rotatable bonds is 6. The summed E-state index contributed by atoms with van der Waals surface area (Å²) >= 11 is 0. The predicted octanol–water partition coefficient (Wildman–Crippen LogP) is 2.84. The monoisotopic (exact) mass is 336 g/mol. The molecule has 2 rings (SSSR count). The Morgan fingerprint density at radius 1 is 1.25 bits per heavy atom. The largest absolute Gasteiger partial charge is 0.465 e. The molecule has 1 aliphatic heterocycles. The van der Waals surface area contributed by atoms with Crippen LogP contribution in [0.25, 0.3) is 0 Å². The quantitative estimate of drug-likeness (QED) is 0.694. The van der Waals surface area contributed by atoms with Crippen LogP contribution in [0.2, 0.25) is 0 Å². The number of hydrogen-bond donors (Lipinski definition) is 3. The highest BCUT2D eigenvalue weighted by atomic mass is 16.8. The van der Waals surface area contributed by atoms with E-state index in [1.807, 2.05) is 13.8 Å². The third-order valence-electron chi connectivity index (χ3n) is 3.90. The van der Waals surface area contributed by atoms with E-state index in [9.17, 15) is 9.59 Å². The summed E-state index contributed by atoms with van der Waals surface area (Å²) in [6.07, 6.45) is 1.32. The van der Waals surface area contributed by atoms with Crippen LogP contribution in [-0.4, -0.2) is 30.0 Å². The van der Waals surface area contributed by atoms with E-state index in [1.165, 1.54) is 0 Å². The van der Waals surface area contributed by atoms with Crippen molar-refractivity contribution < 1.29 is 24.3 Å². The van der Waals surface area contributed by atoms with Crippen LogP contribution >= 0.6 is 0 Å². The number of nitrogens with one attached hydrogen (secondary N) is 2. The Balaban J connectivity index is 1.94. The van der Waals surface area contributed by atoms with Crippen molar-refractivity contribution in [2.75, 3.05) is 6.61 Å². The Labute approximate surface area is 141 Å². The van der Waals surface area contributed by atoms with Crippen molar-refractivity contribution in [2.24, 2.45) is 5.92 Å². The lowest BCUT2D eigenvalue weighted by Crippen LogP contribution is -2.33. The lowest BCUT2D eigenvalue weighted by molar-refractivity contribution is -0.186. The van der Waals surface area contributed by atoms with Gasteiger partial charge in [-0.25, -0.2) is 15.1 Å². The molecule has 2 atom stereocenters. The molecule has 0 radical (unpaired) electrons. The Bertz CT molecular complexity index is 553. The molecule has 1 aliphatic rings. The summed E-state index contributed by atoms with van der Waals surface area (Å²) < 4.78 is 5.38. The second-order valence-corrected chi connectivity index (χ2v) is 6.14. The number of amides is 2. The fourth-order valence-electron chi connectivity index (χ4n) is 2.59. The molecule has 0 aromatic heterocycles. The van der Waals surface area contributed by atoms with Crippen LogP contribution in [0, 0.1) is 5.92 Å². The van der Waals surface area contributed by atoms with Gasteiger partial charge < -0.3 is 15.2 Å². The van der Waals surface area contributed by atoms with Crippen molar-refractivity contribution in [2.45, 2.75) is 45.4 Å². The molecule has 0 aliphatic carbocycles. The zero-order valence-corrected chi connectivity index (χ0v) is 14.0. The van der Waals surface area contributed by atoms with E-state index in [-0.39, 0.29) is 17.9 Å². The minimum absolute atomic E-state index is 0.0903. The number of hydroxylamine groups is 1. The van der Waals surface area contributed by atoms with E-state index in [1.54, 1.807) is 24.3 Å². The van der Waals surface area contributed by atoms with Crippen LogP contribution in [0.15, 0.2) is 24.3 Å². The molecule has 1 aromatic rings. The molecule has 1 saturated heterocycles. The lowest BCUT2D eigenvalue weighted by atomic mass is 9.95. The molecule has 1 unspecified atom stereocenters. The first kappa shape index (κ1) is 18.2. The SMILES string of the molecule is CC(C)[C@@H](NC(=O)O)c1ccc(C(=O)NOC2CCCCO2)cc1. The first-order chi connectivity index (χ1) is 11.5. The highest BCUT2D eigenvalue weighted by molar-refractivity contribution is 5.93. The zero-order valence-electron chi connectivity index (χ0n) is 14.0.